The molecule has 19 heavy (non-hydrogen) atoms. The number of nitrogens with one attached hydrogen (secondary N) is 2. The Labute approximate surface area is 114 Å². The lowest BCUT2D eigenvalue weighted by Crippen LogP contribution is -2.35. The Balaban J connectivity index is 2.79. The molecular formula is C14H23N3O2. The van der Waals surface area contributed by atoms with Crippen LogP contribution in [-0.4, -0.2) is 21.5 Å². The number of anilines is 1. The van der Waals surface area contributed by atoms with E-state index in [0.29, 0.717) is 18.1 Å². The van der Waals surface area contributed by atoms with Crippen molar-refractivity contribution in [3.8, 4) is 5.75 Å². The van der Waals surface area contributed by atoms with Gasteiger partial charge in [-0.3, -0.25) is 4.79 Å². The van der Waals surface area contributed by atoms with Crippen molar-refractivity contribution in [1.82, 2.24) is 10.3 Å². The van der Waals surface area contributed by atoms with Gasteiger partial charge < -0.3 is 15.7 Å². The predicted octanol–water partition coefficient (Wildman–Crippen LogP) is 2.27. The van der Waals surface area contributed by atoms with Gasteiger partial charge in [0.1, 0.15) is 11.6 Å². The Bertz CT molecular complexity index is 450. The first kappa shape index (κ1) is 15.4. The maximum Gasteiger partial charge on any atom is 0.228 e. The average Bonchev–Trinajstić information content (AvgIpc) is 2.28. The van der Waals surface area contributed by atoms with Gasteiger partial charge in [-0.15, -0.1) is 0 Å². The summed E-state index contributed by atoms with van der Waals surface area (Å²) in [5, 5.41) is 15.7. The molecule has 3 N–H and O–H groups in total. The first-order chi connectivity index (χ1) is 8.69. The molecule has 0 saturated carbocycles. The van der Waals surface area contributed by atoms with Crippen LogP contribution in [0, 0.1) is 5.92 Å². The van der Waals surface area contributed by atoms with E-state index >= 15 is 0 Å². The molecule has 0 atom stereocenters. The molecule has 0 aliphatic carbocycles. The van der Waals surface area contributed by atoms with Gasteiger partial charge in [0, 0.05) is 18.0 Å². The van der Waals surface area contributed by atoms with Gasteiger partial charge in [0.25, 0.3) is 0 Å². The standard InChI is InChI=1S/C14H23N3O2/c1-9(2)13(19)17-12-7-6-11(18)10(16-12)8-15-14(3,4)5/h6-7,9,15,18H,8H2,1-5H3,(H,16,17,19). The van der Waals surface area contributed by atoms with Gasteiger partial charge >= 0.3 is 0 Å². The fourth-order valence-corrected chi connectivity index (χ4v) is 1.31. The zero-order chi connectivity index (χ0) is 14.6. The maximum absolute atomic E-state index is 11.6. The molecule has 0 aliphatic heterocycles. The zero-order valence-electron chi connectivity index (χ0n) is 12.2. The highest BCUT2D eigenvalue weighted by Crippen LogP contribution is 2.18. The Morgan fingerprint density at radius 3 is 2.53 bits per heavy atom. The Kier molecular flexibility index (Phi) is 4.89. The fraction of sp³-hybridized carbons (Fsp3) is 0.571. The SMILES string of the molecule is CC(C)C(=O)Nc1ccc(O)c(CNC(C)(C)C)n1. The molecule has 0 spiro atoms. The summed E-state index contributed by atoms with van der Waals surface area (Å²) < 4.78 is 0. The zero-order valence-corrected chi connectivity index (χ0v) is 12.2. The highest BCUT2D eigenvalue weighted by Gasteiger charge is 2.13. The molecule has 5 nitrogen and oxygen atoms in total. The number of hydrogen-bond donors (Lipinski definition) is 3. The van der Waals surface area contributed by atoms with Gasteiger partial charge in [-0.05, 0) is 32.9 Å². The lowest BCUT2D eigenvalue weighted by atomic mass is 10.1. The minimum Gasteiger partial charge on any atom is -0.506 e. The van der Waals surface area contributed by atoms with E-state index in [4.69, 9.17) is 0 Å². The highest BCUT2D eigenvalue weighted by atomic mass is 16.3. The van der Waals surface area contributed by atoms with Gasteiger partial charge in [-0.2, -0.15) is 0 Å². The molecule has 0 bridgehead atoms. The van der Waals surface area contributed by atoms with Crippen LogP contribution in [0.1, 0.15) is 40.3 Å². The number of rotatable bonds is 4. The first-order valence-electron chi connectivity index (χ1n) is 6.44. The van der Waals surface area contributed by atoms with Crippen LogP contribution in [0.4, 0.5) is 5.82 Å². The molecule has 0 aromatic carbocycles. The number of carbonyl (C=O) groups is 1. The third kappa shape index (κ3) is 5.26. The summed E-state index contributed by atoms with van der Waals surface area (Å²) in [7, 11) is 0. The largest absolute Gasteiger partial charge is 0.506 e. The van der Waals surface area contributed by atoms with Crippen molar-refractivity contribution in [3.05, 3.63) is 17.8 Å². The third-order valence-electron chi connectivity index (χ3n) is 2.51. The van der Waals surface area contributed by atoms with E-state index in [1.54, 1.807) is 12.1 Å². The first-order valence-corrected chi connectivity index (χ1v) is 6.44. The summed E-state index contributed by atoms with van der Waals surface area (Å²) in [4.78, 5) is 15.8. The number of aromatic nitrogens is 1. The average molecular weight is 265 g/mol. The van der Waals surface area contributed by atoms with Crippen molar-refractivity contribution in [2.24, 2.45) is 5.92 Å². The molecule has 5 heteroatoms. The van der Waals surface area contributed by atoms with E-state index in [-0.39, 0.29) is 23.1 Å². The van der Waals surface area contributed by atoms with Crippen LogP contribution in [-0.2, 0) is 11.3 Å². The topological polar surface area (TPSA) is 74.2 Å². The van der Waals surface area contributed by atoms with Crippen LogP contribution < -0.4 is 10.6 Å². The summed E-state index contributed by atoms with van der Waals surface area (Å²) in [6, 6.07) is 3.14. The van der Waals surface area contributed by atoms with Gasteiger partial charge in [-0.25, -0.2) is 4.98 Å². The van der Waals surface area contributed by atoms with Crippen molar-refractivity contribution in [2.75, 3.05) is 5.32 Å². The molecule has 106 valence electrons. The van der Waals surface area contributed by atoms with Crippen LogP contribution >= 0.6 is 0 Å². The third-order valence-corrected chi connectivity index (χ3v) is 2.51. The lowest BCUT2D eigenvalue weighted by Gasteiger charge is -2.20. The second-order valence-corrected chi connectivity index (χ2v) is 5.91. The van der Waals surface area contributed by atoms with Gasteiger partial charge in [0.2, 0.25) is 5.91 Å². The number of carbonyl (C=O) groups excluding carboxylic acids is 1. The van der Waals surface area contributed by atoms with Gasteiger partial charge in [0.05, 0.1) is 5.69 Å². The molecular weight excluding hydrogens is 242 g/mol. The Hall–Kier alpha value is -1.62. The highest BCUT2D eigenvalue weighted by molar-refractivity contribution is 5.91. The number of nitrogens with zero attached hydrogens (tertiary/aromatic N) is 1. The normalized spacial score (nSPS) is 11.7. The summed E-state index contributed by atoms with van der Waals surface area (Å²) in [6.45, 7) is 10.2. The van der Waals surface area contributed by atoms with Crippen molar-refractivity contribution in [3.63, 3.8) is 0 Å². The molecule has 0 radical (unpaired) electrons. The Morgan fingerprint density at radius 2 is 2.00 bits per heavy atom. The van der Waals surface area contributed by atoms with Crippen LogP contribution in [0.2, 0.25) is 0 Å². The van der Waals surface area contributed by atoms with Crippen molar-refractivity contribution < 1.29 is 9.90 Å². The minimum absolute atomic E-state index is 0.0642. The van der Waals surface area contributed by atoms with Crippen LogP contribution in [0.15, 0.2) is 12.1 Å². The monoisotopic (exact) mass is 265 g/mol. The second kappa shape index (κ2) is 6.02. The molecule has 1 rings (SSSR count). The molecule has 1 aromatic rings. The van der Waals surface area contributed by atoms with Gasteiger partial charge in [-0.1, -0.05) is 13.8 Å². The minimum atomic E-state index is -0.105. The number of hydrogen-bond acceptors (Lipinski definition) is 4. The van der Waals surface area contributed by atoms with Crippen molar-refractivity contribution >= 4 is 11.7 Å². The molecule has 0 unspecified atom stereocenters. The van der Waals surface area contributed by atoms with Gasteiger partial charge in [0.15, 0.2) is 0 Å². The van der Waals surface area contributed by atoms with E-state index in [1.165, 1.54) is 0 Å². The van der Waals surface area contributed by atoms with Crippen LogP contribution in [0.25, 0.3) is 0 Å². The van der Waals surface area contributed by atoms with E-state index in [2.05, 4.69) is 15.6 Å². The molecule has 1 aromatic heterocycles. The van der Waals surface area contributed by atoms with E-state index in [1.807, 2.05) is 34.6 Å². The van der Waals surface area contributed by atoms with E-state index in [0.717, 1.165) is 0 Å². The predicted molar refractivity (Wildman–Crippen MR) is 76.0 cm³/mol. The quantitative estimate of drug-likeness (QED) is 0.780. The van der Waals surface area contributed by atoms with Crippen molar-refractivity contribution in [2.45, 2.75) is 46.7 Å². The lowest BCUT2D eigenvalue weighted by molar-refractivity contribution is -0.118. The van der Waals surface area contributed by atoms with E-state index in [9.17, 15) is 9.90 Å². The number of amides is 1. The summed E-state index contributed by atoms with van der Waals surface area (Å²) in [5.41, 5.74) is 0.460. The number of aromatic hydroxyl groups is 1. The molecule has 0 fully saturated rings. The van der Waals surface area contributed by atoms with Crippen LogP contribution in [0.3, 0.4) is 0 Å². The van der Waals surface area contributed by atoms with Crippen LogP contribution in [0.5, 0.6) is 5.75 Å². The van der Waals surface area contributed by atoms with Crippen molar-refractivity contribution in [1.29, 1.82) is 0 Å². The Morgan fingerprint density at radius 1 is 1.37 bits per heavy atom. The smallest absolute Gasteiger partial charge is 0.228 e. The summed E-state index contributed by atoms with van der Waals surface area (Å²) in [5.74, 6) is 0.390. The molecule has 1 heterocycles. The number of pyridine rings is 1. The molecule has 0 saturated heterocycles. The fourth-order valence-electron chi connectivity index (χ4n) is 1.31. The maximum atomic E-state index is 11.6. The molecule has 1 amide bonds. The second-order valence-electron chi connectivity index (χ2n) is 5.91. The summed E-state index contributed by atoms with van der Waals surface area (Å²) >= 11 is 0. The van der Waals surface area contributed by atoms with E-state index < -0.39 is 0 Å². The summed E-state index contributed by atoms with van der Waals surface area (Å²) in [6.07, 6.45) is 0. The molecule has 0 aliphatic rings.